The van der Waals surface area contributed by atoms with Crippen molar-refractivity contribution in [3.8, 4) is 5.75 Å². The molecule has 2 heterocycles. The highest BCUT2D eigenvalue weighted by atomic mass is 16.5. The van der Waals surface area contributed by atoms with E-state index in [0.29, 0.717) is 6.61 Å². The van der Waals surface area contributed by atoms with Crippen molar-refractivity contribution < 1.29 is 9.53 Å². The third kappa shape index (κ3) is 6.10. The van der Waals surface area contributed by atoms with Gasteiger partial charge in [-0.3, -0.25) is 9.69 Å². The van der Waals surface area contributed by atoms with Crippen molar-refractivity contribution in [1.82, 2.24) is 9.80 Å². The molecule has 3 aliphatic rings. The third-order valence-corrected chi connectivity index (χ3v) is 8.36. The third-order valence-electron chi connectivity index (χ3n) is 8.36. The fourth-order valence-corrected chi connectivity index (χ4v) is 6.17. The second kappa shape index (κ2) is 12.2. The summed E-state index contributed by atoms with van der Waals surface area (Å²) in [5.74, 6) is 0.972. The highest BCUT2D eigenvalue weighted by Crippen LogP contribution is 2.40. The monoisotopic (exact) mass is 521 g/mol. The predicted octanol–water partition coefficient (Wildman–Crippen LogP) is 6.02. The van der Waals surface area contributed by atoms with E-state index in [1.807, 2.05) is 42.5 Å². The van der Waals surface area contributed by atoms with Crippen molar-refractivity contribution in [1.29, 1.82) is 0 Å². The van der Waals surface area contributed by atoms with E-state index in [0.717, 1.165) is 65.3 Å². The fourth-order valence-electron chi connectivity index (χ4n) is 6.17. The van der Waals surface area contributed by atoms with Gasteiger partial charge in [-0.25, -0.2) is 0 Å². The topological polar surface area (TPSA) is 44.8 Å². The number of nitrogens with zero attached hydrogens (tertiary/aromatic N) is 2. The van der Waals surface area contributed by atoms with E-state index in [9.17, 15) is 4.79 Å². The fraction of sp³-hybridized carbons (Fsp3) is 0.382. The number of Topliss-reactive ketones (excluding diaryl/α,β-unsaturated/α-hetero) is 1. The summed E-state index contributed by atoms with van der Waals surface area (Å²) < 4.78 is 6.03. The molecule has 0 atom stereocenters. The first-order valence-corrected chi connectivity index (χ1v) is 14.6. The Hall–Kier alpha value is -3.41. The Bertz CT molecular complexity index is 1300. The van der Waals surface area contributed by atoms with E-state index in [-0.39, 0.29) is 5.78 Å². The molecule has 2 saturated heterocycles. The number of fused-ring (bicyclic) bond motifs is 1. The van der Waals surface area contributed by atoms with E-state index in [1.165, 1.54) is 57.4 Å². The summed E-state index contributed by atoms with van der Waals surface area (Å²) in [5, 5.41) is 3.51. The lowest BCUT2D eigenvalue weighted by Crippen LogP contribution is -2.25. The Morgan fingerprint density at radius 2 is 1.44 bits per heavy atom. The highest BCUT2D eigenvalue weighted by Gasteiger charge is 2.28. The molecule has 1 N–H and O–H groups in total. The SMILES string of the molecule is O=C(C1=C(c2ccc(OCCN3CCCC3)cc2)Cc2ccccc21)c1ccc(NCCN2CCCC2)cc1. The number of allylic oxidation sites excluding steroid dienone is 2. The van der Waals surface area contributed by atoms with Crippen LogP contribution in [0.1, 0.15) is 52.7 Å². The van der Waals surface area contributed by atoms with Crippen LogP contribution in [-0.4, -0.2) is 68.0 Å². The molecule has 202 valence electrons. The lowest BCUT2D eigenvalue weighted by Gasteiger charge is -2.15. The number of benzene rings is 3. The van der Waals surface area contributed by atoms with Crippen molar-refractivity contribution in [3.05, 3.63) is 95.1 Å². The van der Waals surface area contributed by atoms with E-state index in [2.05, 4.69) is 45.4 Å². The van der Waals surface area contributed by atoms with Gasteiger partial charge in [-0.15, -0.1) is 0 Å². The Balaban J connectivity index is 1.16. The molecule has 0 amide bonds. The van der Waals surface area contributed by atoms with Crippen molar-refractivity contribution >= 4 is 22.6 Å². The van der Waals surface area contributed by atoms with Gasteiger partial charge in [0, 0.05) is 36.5 Å². The molecule has 0 saturated carbocycles. The van der Waals surface area contributed by atoms with Crippen molar-refractivity contribution in [2.45, 2.75) is 32.1 Å². The van der Waals surface area contributed by atoms with Crippen LogP contribution in [0, 0.1) is 0 Å². The van der Waals surface area contributed by atoms with E-state index >= 15 is 0 Å². The Kier molecular flexibility index (Phi) is 8.08. The molecule has 0 radical (unpaired) electrons. The second-order valence-corrected chi connectivity index (χ2v) is 11.0. The van der Waals surface area contributed by atoms with Gasteiger partial charge < -0.3 is 15.0 Å². The number of carbonyl (C=O) groups excluding carboxylic acids is 1. The first-order valence-electron chi connectivity index (χ1n) is 14.6. The average molecular weight is 522 g/mol. The van der Waals surface area contributed by atoms with E-state index in [1.54, 1.807) is 0 Å². The minimum atomic E-state index is 0.0875. The van der Waals surface area contributed by atoms with Gasteiger partial charge in [0.15, 0.2) is 5.78 Å². The standard InChI is InChI=1S/C34H39N3O2/c38-34(27-9-13-29(14-10-27)35-17-22-36-18-3-4-19-36)33-31-8-2-1-7-28(31)25-32(33)26-11-15-30(16-12-26)39-24-23-37-20-5-6-21-37/h1-2,7-16,35H,3-6,17-25H2. The lowest BCUT2D eigenvalue weighted by atomic mass is 9.93. The summed E-state index contributed by atoms with van der Waals surface area (Å²) in [5.41, 5.74) is 7.05. The number of ketones is 1. The van der Waals surface area contributed by atoms with Crippen LogP contribution in [0.2, 0.25) is 0 Å². The van der Waals surface area contributed by atoms with Crippen molar-refractivity contribution in [3.63, 3.8) is 0 Å². The van der Waals surface area contributed by atoms with Crippen LogP contribution in [0.3, 0.4) is 0 Å². The molecular weight excluding hydrogens is 482 g/mol. The second-order valence-electron chi connectivity index (χ2n) is 11.0. The number of nitrogens with one attached hydrogen (secondary N) is 1. The minimum Gasteiger partial charge on any atom is -0.492 e. The zero-order chi connectivity index (χ0) is 26.4. The Morgan fingerprint density at radius 1 is 0.769 bits per heavy atom. The first-order chi connectivity index (χ1) is 19.2. The molecule has 5 nitrogen and oxygen atoms in total. The maximum Gasteiger partial charge on any atom is 0.193 e. The van der Waals surface area contributed by atoms with Crippen LogP contribution in [0.25, 0.3) is 11.1 Å². The molecule has 6 rings (SSSR count). The minimum absolute atomic E-state index is 0.0875. The molecule has 0 bridgehead atoms. The van der Waals surface area contributed by atoms with Gasteiger partial charge in [-0.2, -0.15) is 0 Å². The molecular formula is C34H39N3O2. The molecule has 5 heteroatoms. The number of carbonyl (C=O) groups is 1. The summed E-state index contributed by atoms with van der Waals surface area (Å²) in [7, 11) is 0. The zero-order valence-corrected chi connectivity index (χ0v) is 22.8. The van der Waals surface area contributed by atoms with Crippen molar-refractivity contribution in [2.24, 2.45) is 0 Å². The van der Waals surface area contributed by atoms with Crippen LogP contribution < -0.4 is 10.1 Å². The summed E-state index contributed by atoms with van der Waals surface area (Å²) in [6.07, 6.45) is 5.99. The number of likely N-dealkylation sites (tertiary alicyclic amines) is 2. The van der Waals surface area contributed by atoms with Crippen LogP contribution in [-0.2, 0) is 6.42 Å². The van der Waals surface area contributed by atoms with Gasteiger partial charge in [0.25, 0.3) is 0 Å². The number of hydrogen-bond acceptors (Lipinski definition) is 5. The number of rotatable bonds is 11. The molecule has 3 aromatic carbocycles. The lowest BCUT2D eigenvalue weighted by molar-refractivity contribution is 0.105. The molecule has 0 unspecified atom stereocenters. The van der Waals surface area contributed by atoms with Gasteiger partial charge in [0.2, 0.25) is 0 Å². The summed E-state index contributed by atoms with van der Waals surface area (Å²) in [4.78, 5) is 18.9. The van der Waals surface area contributed by atoms with Gasteiger partial charge in [-0.05, 0) is 117 Å². The smallest absolute Gasteiger partial charge is 0.193 e. The highest BCUT2D eigenvalue weighted by molar-refractivity contribution is 6.36. The quantitative estimate of drug-likeness (QED) is 0.313. The number of ether oxygens (including phenoxy) is 1. The molecule has 1 aliphatic carbocycles. The van der Waals surface area contributed by atoms with Crippen LogP contribution in [0.4, 0.5) is 5.69 Å². The van der Waals surface area contributed by atoms with Gasteiger partial charge in [0.1, 0.15) is 12.4 Å². The Morgan fingerprint density at radius 3 is 2.15 bits per heavy atom. The van der Waals surface area contributed by atoms with Crippen LogP contribution >= 0.6 is 0 Å². The van der Waals surface area contributed by atoms with Crippen molar-refractivity contribution in [2.75, 3.05) is 57.7 Å². The van der Waals surface area contributed by atoms with E-state index < -0.39 is 0 Å². The molecule has 39 heavy (non-hydrogen) atoms. The molecule has 2 fully saturated rings. The van der Waals surface area contributed by atoms with Gasteiger partial charge in [0.05, 0.1) is 0 Å². The molecule has 3 aromatic rings. The van der Waals surface area contributed by atoms with Crippen LogP contribution in [0.15, 0.2) is 72.8 Å². The first kappa shape index (κ1) is 25.8. The number of anilines is 1. The van der Waals surface area contributed by atoms with Gasteiger partial charge in [-0.1, -0.05) is 36.4 Å². The summed E-state index contributed by atoms with van der Waals surface area (Å²) in [6, 6.07) is 24.6. The predicted molar refractivity (Wildman–Crippen MR) is 160 cm³/mol. The molecule has 2 aliphatic heterocycles. The number of hydrogen-bond donors (Lipinski definition) is 1. The zero-order valence-electron chi connectivity index (χ0n) is 22.8. The molecule has 0 spiro atoms. The van der Waals surface area contributed by atoms with E-state index in [4.69, 9.17) is 4.74 Å². The average Bonchev–Trinajstić information content (AvgIpc) is 3.75. The van der Waals surface area contributed by atoms with Crippen LogP contribution in [0.5, 0.6) is 5.75 Å². The Labute approximate surface area is 232 Å². The summed E-state index contributed by atoms with van der Waals surface area (Å²) >= 11 is 0. The normalized spacial score (nSPS) is 17.5. The maximum atomic E-state index is 13.9. The largest absolute Gasteiger partial charge is 0.492 e. The maximum absolute atomic E-state index is 13.9. The van der Waals surface area contributed by atoms with Gasteiger partial charge >= 0.3 is 0 Å². The summed E-state index contributed by atoms with van der Waals surface area (Å²) in [6.45, 7) is 8.47. The molecule has 0 aromatic heterocycles.